The van der Waals surface area contributed by atoms with Crippen molar-refractivity contribution in [3.63, 3.8) is 0 Å². The highest BCUT2D eigenvalue weighted by atomic mass is 14.9. The van der Waals surface area contributed by atoms with E-state index in [-0.39, 0.29) is 0 Å². The van der Waals surface area contributed by atoms with Gasteiger partial charge in [-0.1, -0.05) is 17.2 Å². The van der Waals surface area contributed by atoms with Gasteiger partial charge in [-0.25, -0.2) is 0 Å². The molecule has 10 heavy (non-hydrogen) atoms. The maximum absolute atomic E-state index is 3.73. The molecule has 0 aromatic carbocycles. The molecular weight excluding hydrogens is 122 g/mol. The smallest absolute Gasteiger partial charge is 0.0170 e. The van der Waals surface area contributed by atoms with Crippen molar-refractivity contribution in [2.45, 2.75) is 19.8 Å². The van der Waals surface area contributed by atoms with Gasteiger partial charge in [0.1, 0.15) is 0 Å². The van der Waals surface area contributed by atoms with Crippen LogP contribution in [0.25, 0.3) is 0 Å². The fourth-order valence-corrected chi connectivity index (χ4v) is 1.26. The number of rotatable bonds is 2. The Morgan fingerprint density at radius 1 is 1.70 bits per heavy atom. The third-order valence-electron chi connectivity index (χ3n) is 2.01. The Bertz CT molecular complexity index is 156. The average molecular weight is 137 g/mol. The quantitative estimate of drug-likeness (QED) is 0.573. The van der Waals surface area contributed by atoms with Crippen molar-refractivity contribution in [2.75, 3.05) is 13.1 Å². The van der Waals surface area contributed by atoms with Crippen molar-refractivity contribution in [1.29, 1.82) is 0 Å². The molecule has 0 aromatic rings. The maximum Gasteiger partial charge on any atom is 0.0170 e. The minimum atomic E-state index is 1.05. The first kappa shape index (κ1) is 7.55. The number of hydrogen-bond acceptors (Lipinski definition) is 1. The number of hydrogen-bond donors (Lipinski definition) is 1. The van der Waals surface area contributed by atoms with Crippen molar-refractivity contribution in [3.8, 4) is 0 Å². The van der Waals surface area contributed by atoms with Crippen LogP contribution in [0.5, 0.6) is 0 Å². The first-order chi connectivity index (χ1) is 4.84. The van der Waals surface area contributed by atoms with Gasteiger partial charge in [0.25, 0.3) is 0 Å². The Balaban J connectivity index is 2.58. The predicted molar refractivity (Wildman–Crippen MR) is 45.0 cm³/mol. The van der Waals surface area contributed by atoms with Crippen LogP contribution in [-0.2, 0) is 0 Å². The monoisotopic (exact) mass is 137 g/mol. The van der Waals surface area contributed by atoms with E-state index in [1.807, 2.05) is 6.08 Å². The molecule has 1 rings (SSSR count). The molecule has 0 unspecified atom stereocenters. The molecule has 0 radical (unpaired) electrons. The van der Waals surface area contributed by atoms with Gasteiger partial charge in [-0.3, -0.25) is 0 Å². The van der Waals surface area contributed by atoms with E-state index in [1.165, 1.54) is 12.0 Å². The van der Waals surface area contributed by atoms with Gasteiger partial charge in [0.15, 0.2) is 0 Å². The SMILES string of the molecule is C=CCC1=C(C)CCNC1. The van der Waals surface area contributed by atoms with Crippen LogP contribution >= 0.6 is 0 Å². The topological polar surface area (TPSA) is 12.0 Å². The highest BCUT2D eigenvalue weighted by Gasteiger charge is 2.05. The zero-order valence-corrected chi connectivity index (χ0v) is 6.61. The zero-order chi connectivity index (χ0) is 7.40. The third kappa shape index (κ3) is 1.71. The lowest BCUT2D eigenvalue weighted by Crippen LogP contribution is -2.24. The molecule has 0 fully saturated rings. The van der Waals surface area contributed by atoms with Gasteiger partial charge in [0.05, 0.1) is 0 Å². The molecule has 0 atom stereocenters. The Kier molecular flexibility index (Phi) is 2.69. The van der Waals surface area contributed by atoms with E-state index in [9.17, 15) is 0 Å². The first-order valence-corrected chi connectivity index (χ1v) is 3.83. The Hall–Kier alpha value is -0.560. The van der Waals surface area contributed by atoms with Crippen molar-refractivity contribution in [3.05, 3.63) is 23.8 Å². The molecular formula is C9H15N. The average Bonchev–Trinajstić information content (AvgIpc) is 1.94. The van der Waals surface area contributed by atoms with Gasteiger partial charge in [-0.05, 0) is 26.3 Å². The second-order valence-corrected chi connectivity index (χ2v) is 2.80. The van der Waals surface area contributed by atoms with Crippen LogP contribution < -0.4 is 5.32 Å². The van der Waals surface area contributed by atoms with Gasteiger partial charge in [0, 0.05) is 6.54 Å². The summed E-state index contributed by atoms with van der Waals surface area (Å²) >= 11 is 0. The second-order valence-electron chi connectivity index (χ2n) is 2.80. The molecule has 0 amide bonds. The van der Waals surface area contributed by atoms with E-state index in [2.05, 4.69) is 18.8 Å². The van der Waals surface area contributed by atoms with Crippen molar-refractivity contribution < 1.29 is 0 Å². The molecule has 1 aliphatic rings. The summed E-state index contributed by atoms with van der Waals surface area (Å²) < 4.78 is 0. The normalized spacial score (nSPS) is 19.3. The highest BCUT2D eigenvalue weighted by molar-refractivity contribution is 5.18. The summed E-state index contributed by atoms with van der Waals surface area (Å²) in [5, 5.41) is 3.34. The lowest BCUT2D eigenvalue weighted by atomic mass is 10.0. The van der Waals surface area contributed by atoms with Crippen molar-refractivity contribution >= 4 is 0 Å². The summed E-state index contributed by atoms with van der Waals surface area (Å²) in [6.45, 7) is 8.16. The number of allylic oxidation sites excluding steroid dienone is 1. The van der Waals surface area contributed by atoms with E-state index in [0.717, 1.165) is 19.5 Å². The molecule has 1 heteroatoms. The lowest BCUT2D eigenvalue weighted by molar-refractivity contribution is 0.667. The largest absolute Gasteiger partial charge is 0.313 e. The van der Waals surface area contributed by atoms with Crippen LogP contribution in [0.1, 0.15) is 19.8 Å². The van der Waals surface area contributed by atoms with Crippen LogP contribution in [0.15, 0.2) is 23.8 Å². The van der Waals surface area contributed by atoms with E-state index < -0.39 is 0 Å². The fraction of sp³-hybridized carbons (Fsp3) is 0.556. The summed E-state index contributed by atoms with van der Waals surface area (Å²) in [5.74, 6) is 0. The molecule has 0 aliphatic carbocycles. The summed E-state index contributed by atoms with van der Waals surface area (Å²) in [5.41, 5.74) is 3.08. The summed E-state index contributed by atoms with van der Waals surface area (Å²) in [6.07, 6.45) is 4.24. The Labute approximate surface area is 62.8 Å². The molecule has 1 N–H and O–H groups in total. The molecule has 1 heterocycles. The van der Waals surface area contributed by atoms with Gasteiger partial charge in [-0.15, -0.1) is 6.58 Å². The van der Waals surface area contributed by atoms with E-state index in [0.29, 0.717) is 0 Å². The maximum atomic E-state index is 3.73. The second kappa shape index (κ2) is 3.57. The van der Waals surface area contributed by atoms with Gasteiger partial charge in [0.2, 0.25) is 0 Å². The Morgan fingerprint density at radius 2 is 2.50 bits per heavy atom. The lowest BCUT2D eigenvalue weighted by Gasteiger charge is -2.17. The van der Waals surface area contributed by atoms with Gasteiger partial charge < -0.3 is 5.32 Å². The van der Waals surface area contributed by atoms with Crippen LogP contribution in [0, 0.1) is 0 Å². The molecule has 0 aromatic heterocycles. The highest BCUT2D eigenvalue weighted by Crippen LogP contribution is 2.14. The minimum absolute atomic E-state index is 1.05. The summed E-state index contributed by atoms with van der Waals surface area (Å²) in [6, 6.07) is 0. The molecule has 0 saturated carbocycles. The van der Waals surface area contributed by atoms with Crippen LogP contribution in [-0.4, -0.2) is 13.1 Å². The Morgan fingerprint density at radius 3 is 3.10 bits per heavy atom. The van der Waals surface area contributed by atoms with E-state index in [1.54, 1.807) is 5.57 Å². The minimum Gasteiger partial charge on any atom is -0.313 e. The van der Waals surface area contributed by atoms with E-state index >= 15 is 0 Å². The zero-order valence-electron chi connectivity index (χ0n) is 6.61. The summed E-state index contributed by atoms with van der Waals surface area (Å²) in [4.78, 5) is 0. The molecule has 0 spiro atoms. The standard InChI is InChI=1S/C9H15N/c1-3-4-9-7-10-6-5-8(9)2/h3,10H,1,4-7H2,2H3. The van der Waals surface area contributed by atoms with Crippen LogP contribution in [0.2, 0.25) is 0 Å². The van der Waals surface area contributed by atoms with Gasteiger partial charge in [-0.2, -0.15) is 0 Å². The van der Waals surface area contributed by atoms with Gasteiger partial charge >= 0.3 is 0 Å². The summed E-state index contributed by atoms with van der Waals surface area (Å²) in [7, 11) is 0. The first-order valence-electron chi connectivity index (χ1n) is 3.83. The molecule has 0 bridgehead atoms. The van der Waals surface area contributed by atoms with Crippen LogP contribution in [0.3, 0.4) is 0 Å². The van der Waals surface area contributed by atoms with E-state index in [4.69, 9.17) is 0 Å². The third-order valence-corrected chi connectivity index (χ3v) is 2.01. The predicted octanol–water partition coefficient (Wildman–Crippen LogP) is 1.87. The number of nitrogens with one attached hydrogen (secondary N) is 1. The molecule has 0 saturated heterocycles. The van der Waals surface area contributed by atoms with Crippen molar-refractivity contribution in [1.82, 2.24) is 5.32 Å². The fourth-order valence-electron chi connectivity index (χ4n) is 1.26. The molecule has 1 aliphatic heterocycles. The van der Waals surface area contributed by atoms with Crippen LogP contribution in [0.4, 0.5) is 0 Å². The molecule has 1 nitrogen and oxygen atoms in total. The van der Waals surface area contributed by atoms with Crippen molar-refractivity contribution in [2.24, 2.45) is 0 Å². The molecule has 56 valence electrons.